The predicted octanol–water partition coefficient (Wildman–Crippen LogP) is 2.35. The Balaban J connectivity index is 1.59. The molecule has 0 bridgehead atoms. The molecular weight excluding hydrogens is 262 g/mol. The van der Waals surface area contributed by atoms with E-state index >= 15 is 0 Å². The van der Waals surface area contributed by atoms with Gasteiger partial charge in [-0.1, -0.05) is 42.5 Å². The van der Waals surface area contributed by atoms with Gasteiger partial charge in [-0.3, -0.25) is 0 Å². The molecule has 1 aromatic heterocycles. The zero-order valence-corrected chi connectivity index (χ0v) is 12.2. The molecule has 0 saturated heterocycles. The van der Waals surface area contributed by atoms with Gasteiger partial charge in [0.2, 0.25) is 0 Å². The number of tetrazole rings is 1. The van der Waals surface area contributed by atoms with E-state index < -0.39 is 0 Å². The summed E-state index contributed by atoms with van der Waals surface area (Å²) in [6, 6.07) is 15.0. The van der Waals surface area contributed by atoms with Gasteiger partial charge < -0.3 is 4.90 Å². The molecule has 0 N–H and O–H groups in total. The molecule has 0 aliphatic heterocycles. The highest BCUT2D eigenvalue weighted by atomic mass is 15.5. The number of hydrogen-bond acceptors (Lipinski definition) is 4. The van der Waals surface area contributed by atoms with E-state index in [0.717, 1.165) is 26.1 Å². The van der Waals surface area contributed by atoms with Gasteiger partial charge >= 0.3 is 0 Å². The van der Waals surface area contributed by atoms with Crippen LogP contribution in [0.25, 0.3) is 10.8 Å². The van der Waals surface area contributed by atoms with Gasteiger partial charge in [0.25, 0.3) is 0 Å². The maximum atomic E-state index is 3.88. The Hall–Kier alpha value is -2.27. The van der Waals surface area contributed by atoms with Crippen LogP contribution in [0.5, 0.6) is 0 Å². The number of fused-ring (bicyclic) bond motifs is 1. The molecule has 3 aromatic rings. The first-order chi connectivity index (χ1) is 10.3. The van der Waals surface area contributed by atoms with Gasteiger partial charge in [0.1, 0.15) is 6.33 Å². The molecule has 0 unspecified atom stereocenters. The van der Waals surface area contributed by atoms with E-state index in [1.807, 2.05) is 0 Å². The van der Waals surface area contributed by atoms with Crippen molar-refractivity contribution in [3.63, 3.8) is 0 Å². The third kappa shape index (κ3) is 3.44. The van der Waals surface area contributed by atoms with Crippen molar-refractivity contribution < 1.29 is 0 Å². The van der Waals surface area contributed by atoms with Gasteiger partial charge in [-0.05, 0) is 46.8 Å². The number of nitrogens with zero attached hydrogens (tertiary/aromatic N) is 5. The van der Waals surface area contributed by atoms with Crippen molar-refractivity contribution in [2.45, 2.75) is 19.5 Å². The Labute approximate surface area is 124 Å². The zero-order chi connectivity index (χ0) is 14.5. The Morgan fingerprint density at radius 1 is 1.10 bits per heavy atom. The summed E-state index contributed by atoms with van der Waals surface area (Å²) in [5.74, 6) is 0. The molecule has 0 aliphatic carbocycles. The first-order valence-corrected chi connectivity index (χ1v) is 7.19. The second-order valence-corrected chi connectivity index (χ2v) is 5.30. The summed E-state index contributed by atoms with van der Waals surface area (Å²) >= 11 is 0. The number of hydrogen-bond donors (Lipinski definition) is 0. The van der Waals surface area contributed by atoms with Crippen molar-refractivity contribution in [3.8, 4) is 0 Å². The lowest BCUT2D eigenvalue weighted by molar-refractivity contribution is 0.312. The lowest BCUT2D eigenvalue weighted by Crippen LogP contribution is -2.20. The summed E-state index contributed by atoms with van der Waals surface area (Å²) in [6.45, 7) is 2.83. The number of aryl methyl sites for hydroxylation is 1. The number of aromatic nitrogens is 4. The molecule has 3 rings (SSSR count). The summed E-state index contributed by atoms with van der Waals surface area (Å²) in [4.78, 5) is 2.34. The lowest BCUT2D eigenvalue weighted by atomic mass is 10.0. The van der Waals surface area contributed by atoms with E-state index in [1.54, 1.807) is 11.0 Å². The van der Waals surface area contributed by atoms with Crippen LogP contribution in [0.4, 0.5) is 0 Å². The normalized spacial score (nSPS) is 11.3. The molecule has 0 fully saturated rings. The number of rotatable bonds is 6. The predicted molar refractivity (Wildman–Crippen MR) is 82.7 cm³/mol. The van der Waals surface area contributed by atoms with Gasteiger partial charge in [-0.15, -0.1) is 5.10 Å². The first kappa shape index (κ1) is 13.7. The highest BCUT2D eigenvalue weighted by Crippen LogP contribution is 2.19. The zero-order valence-electron chi connectivity index (χ0n) is 12.2. The van der Waals surface area contributed by atoms with Crippen LogP contribution < -0.4 is 0 Å². The second-order valence-electron chi connectivity index (χ2n) is 5.30. The lowest BCUT2D eigenvalue weighted by Gasteiger charge is -2.17. The minimum Gasteiger partial charge on any atom is -0.302 e. The maximum Gasteiger partial charge on any atom is 0.138 e. The van der Waals surface area contributed by atoms with Gasteiger partial charge in [-0.25, -0.2) is 4.68 Å². The molecule has 21 heavy (non-hydrogen) atoms. The van der Waals surface area contributed by atoms with Crippen molar-refractivity contribution in [2.75, 3.05) is 13.6 Å². The molecule has 1 heterocycles. The molecular formula is C16H19N5. The Morgan fingerprint density at radius 2 is 1.95 bits per heavy atom. The fraction of sp³-hybridized carbons (Fsp3) is 0.312. The van der Waals surface area contributed by atoms with Crippen LogP contribution in [0, 0.1) is 0 Å². The Kier molecular flexibility index (Phi) is 4.21. The minimum absolute atomic E-state index is 0.854. The van der Waals surface area contributed by atoms with Crippen LogP contribution in [0.1, 0.15) is 12.0 Å². The van der Waals surface area contributed by atoms with Crippen molar-refractivity contribution in [2.24, 2.45) is 0 Å². The summed E-state index contributed by atoms with van der Waals surface area (Å²) in [5.41, 5.74) is 1.37. The topological polar surface area (TPSA) is 46.8 Å². The highest BCUT2D eigenvalue weighted by molar-refractivity contribution is 5.85. The van der Waals surface area contributed by atoms with E-state index in [1.165, 1.54) is 16.3 Å². The molecule has 0 spiro atoms. The molecule has 0 atom stereocenters. The van der Waals surface area contributed by atoms with Gasteiger partial charge in [0.05, 0.1) is 0 Å². The van der Waals surface area contributed by atoms with Crippen molar-refractivity contribution in [1.82, 2.24) is 25.1 Å². The molecule has 108 valence electrons. The number of benzene rings is 2. The monoisotopic (exact) mass is 281 g/mol. The quantitative estimate of drug-likeness (QED) is 0.696. The molecule has 0 radical (unpaired) electrons. The highest BCUT2D eigenvalue weighted by Gasteiger charge is 2.04. The maximum absolute atomic E-state index is 3.88. The van der Waals surface area contributed by atoms with E-state index in [4.69, 9.17) is 0 Å². The summed E-state index contributed by atoms with van der Waals surface area (Å²) < 4.78 is 1.77. The van der Waals surface area contributed by atoms with Crippen molar-refractivity contribution in [1.29, 1.82) is 0 Å². The van der Waals surface area contributed by atoms with Crippen LogP contribution >= 0.6 is 0 Å². The van der Waals surface area contributed by atoms with Gasteiger partial charge in [0.15, 0.2) is 0 Å². The van der Waals surface area contributed by atoms with E-state index in [9.17, 15) is 0 Å². The van der Waals surface area contributed by atoms with Crippen molar-refractivity contribution >= 4 is 10.8 Å². The molecule has 5 nitrogen and oxygen atoms in total. The summed E-state index contributed by atoms with van der Waals surface area (Å²) in [7, 11) is 2.15. The van der Waals surface area contributed by atoms with Crippen LogP contribution in [-0.2, 0) is 13.1 Å². The Morgan fingerprint density at radius 3 is 2.81 bits per heavy atom. The van der Waals surface area contributed by atoms with E-state index in [2.05, 4.69) is 69.9 Å². The molecule has 0 amide bonds. The largest absolute Gasteiger partial charge is 0.302 e. The minimum atomic E-state index is 0.854. The average Bonchev–Trinajstić information content (AvgIpc) is 3.01. The molecule has 0 aliphatic rings. The third-order valence-corrected chi connectivity index (χ3v) is 3.64. The standard InChI is InChI=1S/C16H19N5/c1-20(10-5-11-21-13-17-18-19-21)12-15-8-4-7-14-6-2-3-9-16(14)15/h2-4,6-9,13H,5,10-12H2,1H3. The third-order valence-electron chi connectivity index (χ3n) is 3.64. The van der Waals surface area contributed by atoms with Crippen LogP contribution in [0.2, 0.25) is 0 Å². The second kappa shape index (κ2) is 6.45. The van der Waals surface area contributed by atoms with Crippen LogP contribution in [-0.4, -0.2) is 38.7 Å². The molecule has 0 saturated carbocycles. The fourth-order valence-corrected chi connectivity index (χ4v) is 2.59. The Bertz CT molecular complexity index is 687. The first-order valence-electron chi connectivity index (χ1n) is 7.19. The van der Waals surface area contributed by atoms with Gasteiger partial charge in [0, 0.05) is 13.1 Å². The summed E-state index contributed by atoms with van der Waals surface area (Å²) in [6.07, 6.45) is 2.69. The van der Waals surface area contributed by atoms with Crippen molar-refractivity contribution in [3.05, 3.63) is 54.4 Å². The molecule has 2 aromatic carbocycles. The van der Waals surface area contributed by atoms with Crippen LogP contribution in [0.15, 0.2) is 48.8 Å². The average molecular weight is 281 g/mol. The SMILES string of the molecule is CN(CCCn1cnnn1)Cc1cccc2ccccc12. The molecule has 5 heteroatoms. The van der Waals surface area contributed by atoms with Crippen LogP contribution in [0.3, 0.4) is 0 Å². The van der Waals surface area contributed by atoms with E-state index in [-0.39, 0.29) is 0 Å². The summed E-state index contributed by atoms with van der Waals surface area (Å²) in [5, 5.41) is 13.8. The van der Waals surface area contributed by atoms with Gasteiger partial charge in [-0.2, -0.15) is 0 Å². The smallest absolute Gasteiger partial charge is 0.138 e. The van der Waals surface area contributed by atoms with E-state index in [0.29, 0.717) is 0 Å². The fourth-order valence-electron chi connectivity index (χ4n) is 2.59.